The maximum Gasteiger partial charge on any atom is 0.306 e. The molecule has 1 N–H and O–H groups in total. The molecule has 0 radical (unpaired) electrons. The maximum absolute atomic E-state index is 13.5. The molecule has 0 aromatic heterocycles. The van der Waals surface area contributed by atoms with Gasteiger partial charge in [-0.15, -0.1) is 0 Å². The zero-order chi connectivity index (χ0) is 16.4. The average molecular weight is 322 g/mol. The van der Waals surface area contributed by atoms with E-state index < -0.39 is 55.4 Å². The van der Waals surface area contributed by atoms with Gasteiger partial charge >= 0.3 is 5.69 Å². The number of benzene rings is 1. The maximum atomic E-state index is 13.5. The summed E-state index contributed by atoms with van der Waals surface area (Å²) in [6.45, 7) is 2.49. The average Bonchev–Trinajstić information content (AvgIpc) is 2.34. The van der Waals surface area contributed by atoms with Crippen LogP contribution < -0.4 is 4.72 Å². The number of ketones is 1. The molecule has 1 aromatic carbocycles. The Hall–Kier alpha value is -1.94. The van der Waals surface area contributed by atoms with Crippen molar-refractivity contribution in [3.8, 4) is 0 Å². The molecule has 0 bridgehead atoms. The summed E-state index contributed by atoms with van der Waals surface area (Å²) < 4.78 is 52.1. The number of rotatable bonds is 6. The van der Waals surface area contributed by atoms with Gasteiger partial charge in [0.2, 0.25) is 15.8 Å². The van der Waals surface area contributed by atoms with Crippen LogP contribution in [0.25, 0.3) is 0 Å². The van der Waals surface area contributed by atoms with Crippen LogP contribution in [0.4, 0.5) is 14.5 Å². The highest BCUT2D eigenvalue weighted by molar-refractivity contribution is 7.89. The number of halogens is 2. The van der Waals surface area contributed by atoms with E-state index in [0.717, 1.165) is 0 Å². The van der Waals surface area contributed by atoms with Crippen LogP contribution >= 0.6 is 0 Å². The summed E-state index contributed by atoms with van der Waals surface area (Å²) >= 11 is 0. The number of sulfonamides is 1. The van der Waals surface area contributed by atoms with Crippen LogP contribution in [-0.4, -0.2) is 25.7 Å². The third-order valence-electron chi connectivity index (χ3n) is 2.57. The molecular weight excluding hydrogens is 310 g/mol. The van der Waals surface area contributed by atoms with E-state index in [4.69, 9.17) is 0 Å². The number of nitro groups is 1. The first-order chi connectivity index (χ1) is 9.56. The van der Waals surface area contributed by atoms with Gasteiger partial charge in [-0.2, -0.15) is 4.39 Å². The smallest absolute Gasteiger partial charge is 0.298 e. The molecule has 0 aliphatic rings. The first kappa shape index (κ1) is 17.1. The molecule has 0 aliphatic carbocycles. The van der Waals surface area contributed by atoms with E-state index in [1.54, 1.807) is 13.8 Å². The van der Waals surface area contributed by atoms with E-state index in [0.29, 0.717) is 0 Å². The summed E-state index contributed by atoms with van der Waals surface area (Å²) in [5, 5.41) is 10.5. The molecule has 0 saturated heterocycles. The molecule has 0 amide bonds. The molecule has 7 nitrogen and oxygen atoms in total. The molecule has 21 heavy (non-hydrogen) atoms. The molecule has 1 aromatic rings. The van der Waals surface area contributed by atoms with Crippen molar-refractivity contribution in [2.45, 2.75) is 18.7 Å². The lowest BCUT2D eigenvalue weighted by atomic mass is 10.1. The standard InChI is InChI=1S/C11H12F2N2O5S/c1-6(2)10(16)5-14-21(19,20)11-4-9(15(17)18)7(12)3-8(11)13/h3-4,6,14H,5H2,1-2H3. The van der Waals surface area contributed by atoms with Crippen molar-refractivity contribution in [1.29, 1.82) is 0 Å². The second-order valence-corrected chi connectivity index (χ2v) is 6.17. The number of carbonyl (C=O) groups is 1. The zero-order valence-corrected chi connectivity index (χ0v) is 11.9. The monoisotopic (exact) mass is 322 g/mol. The van der Waals surface area contributed by atoms with Crippen LogP contribution in [0, 0.1) is 27.7 Å². The van der Waals surface area contributed by atoms with Crippen LogP contribution in [0.1, 0.15) is 13.8 Å². The van der Waals surface area contributed by atoms with Crippen LogP contribution in [0.3, 0.4) is 0 Å². The van der Waals surface area contributed by atoms with Gasteiger partial charge in [0.05, 0.1) is 11.5 Å². The van der Waals surface area contributed by atoms with E-state index in [1.807, 2.05) is 4.72 Å². The lowest BCUT2D eigenvalue weighted by Crippen LogP contribution is -2.32. The number of nitrogens with one attached hydrogen (secondary N) is 1. The minimum atomic E-state index is -4.51. The fraction of sp³-hybridized carbons (Fsp3) is 0.364. The minimum absolute atomic E-state index is 0.108. The molecule has 0 aliphatic heterocycles. The molecule has 0 atom stereocenters. The molecule has 0 spiro atoms. The van der Waals surface area contributed by atoms with Crippen LogP contribution in [0.5, 0.6) is 0 Å². The quantitative estimate of drug-likeness (QED) is 0.629. The van der Waals surface area contributed by atoms with Crippen LogP contribution in [-0.2, 0) is 14.8 Å². The topological polar surface area (TPSA) is 106 Å². The highest BCUT2D eigenvalue weighted by atomic mass is 32.2. The lowest BCUT2D eigenvalue weighted by molar-refractivity contribution is -0.387. The Morgan fingerprint density at radius 1 is 1.33 bits per heavy atom. The Morgan fingerprint density at radius 3 is 2.38 bits per heavy atom. The highest BCUT2D eigenvalue weighted by Gasteiger charge is 2.26. The number of nitrogens with zero attached hydrogens (tertiary/aromatic N) is 1. The molecule has 0 heterocycles. The summed E-state index contributed by atoms with van der Waals surface area (Å²) in [6.07, 6.45) is 0. The SMILES string of the molecule is CC(C)C(=O)CNS(=O)(=O)c1cc([N+](=O)[O-])c(F)cc1F. The van der Waals surface area contributed by atoms with Gasteiger partial charge < -0.3 is 0 Å². The summed E-state index contributed by atoms with van der Waals surface area (Å²) in [7, 11) is -4.51. The molecule has 116 valence electrons. The van der Waals surface area contributed by atoms with E-state index in [-0.39, 0.29) is 12.1 Å². The van der Waals surface area contributed by atoms with Gasteiger partial charge in [-0.05, 0) is 0 Å². The predicted molar refractivity (Wildman–Crippen MR) is 68.0 cm³/mol. The summed E-state index contributed by atoms with van der Waals surface area (Å²) in [6, 6.07) is 0.379. The molecule has 0 saturated carbocycles. The first-order valence-electron chi connectivity index (χ1n) is 5.72. The second-order valence-electron chi connectivity index (χ2n) is 4.44. The molecular formula is C11H12F2N2O5S. The van der Waals surface area contributed by atoms with Gasteiger partial charge in [0.25, 0.3) is 0 Å². The third kappa shape index (κ3) is 4.02. The van der Waals surface area contributed by atoms with Gasteiger partial charge in [-0.25, -0.2) is 17.5 Å². The van der Waals surface area contributed by atoms with Gasteiger partial charge in [0, 0.05) is 18.1 Å². The Labute approximate surface area is 119 Å². The highest BCUT2D eigenvalue weighted by Crippen LogP contribution is 2.24. The van der Waals surface area contributed by atoms with Crippen molar-refractivity contribution in [1.82, 2.24) is 4.72 Å². The number of Topliss-reactive ketones (excluding diaryl/α,β-unsaturated/α-hetero) is 1. The van der Waals surface area contributed by atoms with Gasteiger partial charge in [-0.1, -0.05) is 13.8 Å². The molecule has 10 heteroatoms. The van der Waals surface area contributed by atoms with Crippen molar-refractivity contribution in [3.05, 3.63) is 33.9 Å². The summed E-state index contributed by atoms with van der Waals surface area (Å²) in [5.41, 5.74) is -1.17. The Bertz CT molecular complexity index is 688. The number of nitro benzene ring substituents is 1. The predicted octanol–water partition coefficient (Wildman–Crippen LogP) is 1.38. The zero-order valence-electron chi connectivity index (χ0n) is 11.1. The Kier molecular flexibility index (Phi) is 5.07. The van der Waals surface area contributed by atoms with Gasteiger partial charge in [0.15, 0.2) is 0 Å². The van der Waals surface area contributed by atoms with E-state index in [2.05, 4.69) is 0 Å². The number of hydrogen-bond donors (Lipinski definition) is 1. The van der Waals surface area contributed by atoms with E-state index >= 15 is 0 Å². The largest absolute Gasteiger partial charge is 0.306 e. The minimum Gasteiger partial charge on any atom is -0.298 e. The number of hydrogen-bond acceptors (Lipinski definition) is 5. The first-order valence-corrected chi connectivity index (χ1v) is 7.20. The van der Waals surface area contributed by atoms with E-state index in [1.165, 1.54) is 0 Å². The Balaban J connectivity index is 3.17. The van der Waals surface area contributed by atoms with E-state index in [9.17, 15) is 32.1 Å². The summed E-state index contributed by atoms with van der Waals surface area (Å²) in [5.74, 6) is -3.87. The molecule has 0 fully saturated rings. The van der Waals surface area contributed by atoms with Crippen molar-refractivity contribution >= 4 is 21.5 Å². The van der Waals surface area contributed by atoms with Crippen molar-refractivity contribution < 1.29 is 26.9 Å². The van der Waals surface area contributed by atoms with Crippen molar-refractivity contribution in [2.75, 3.05) is 6.54 Å². The normalized spacial score (nSPS) is 11.7. The lowest BCUT2D eigenvalue weighted by Gasteiger charge is -2.08. The van der Waals surface area contributed by atoms with Crippen molar-refractivity contribution in [3.63, 3.8) is 0 Å². The van der Waals surface area contributed by atoms with Gasteiger partial charge in [-0.3, -0.25) is 14.9 Å². The Morgan fingerprint density at radius 2 is 1.90 bits per heavy atom. The third-order valence-corrected chi connectivity index (χ3v) is 3.98. The van der Waals surface area contributed by atoms with Crippen LogP contribution in [0.15, 0.2) is 17.0 Å². The van der Waals surface area contributed by atoms with Gasteiger partial charge in [0.1, 0.15) is 16.5 Å². The second kappa shape index (κ2) is 6.22. The molecule has 0 unspecified atom stereocenters. The fourth-order valence-electron chi connectivity index (χ4n) is 1.31. The number of carbonyl (C=O) groups excluding carboxylic acids is 1. The molecule has 1 rings (SSSR count). The fourth-order valence-corrected chi connectivity index (χ4v) is 2.38. The summed E-state index contributed by atoms with van der Waals surface area (Å²) in [4.78, 5) is 19.6. The van der Waals surface area contributed by atoms with Crippen LogP contribution in [0.2, 0.25) is 0 Å². The van der Waals surface area contributed by atoms with Crippen molar-refractivity contribution in [2.24, 2.45) is 5.92 Å².